The minimum atomic E-state index is -0.907. The van der Waals surface area contributed by atoms with Gasteiger partial charge in [0.25, 0.3) is 5.69 Å². The first-order chi connectivity index (χ1) is 20.2. The van der Waals surface area contributed by atoms with E-state index in [2.05, 4.69) is 0 Å². The lowest BCUT2D eigenvalue weighted by atomic mass is 9.83. The number of anilines is 1. The van der Waals surface area contributed by atoms with Crippen LogP contribution in [0.3, 0.4) is 0 Å². The number of benzene rings is 3. The molecule has 11 heteroatoms. The number of carbonyl (C=O) groups is 2. The van der Waals surface area contributed by atoms with Crippen LogP contribution in [-0.4, -0.2) is 52.4 Å². The van der Waals surface area contributed by atoms with Gasteiger partial charge >= 0.3 is 11.9 Å². The van der Waals surface area contributed by atoms with Gasteiger partial charge in [-0.2, -0.15) is 0 Å². The van der Waals surface area contributed by atoms with Crippen molar-refractivity contribution < 1.29 is 38.2 Å². The lowest BCUT2D eigenvalue weighted by Gasteiger charge is -2.36. The molecule has 1 aliphatic rings. The fourth-order valence-corrected chi connectivity index (χ4v) is 4.82. The number of nitrogens with zero attached hydrogens (tertiary/aromatic N) is 2. The largest absolute Gasteiger partial charge is 0.497 e. The highest BCUT2D eigenvalue weighted by Gasteiger charge is 2.42. The molecule has 1 aliphatic heterocycles. The average molecular weight is 575 g/mol. The smallest absolute Gasteiger partial charge is 0.355 e. The van der Waals surface area contributed by atoms with Gasteiger partial charge in [-0.1, -0.05) is 35.9 Å². The number of nitro benzene ring substituents is 1. The molecule has 0 amide bonds. The van der Waals surface area contributed by atoms with Crippen LogP contribution in [0.2, 0.25) is 0 Å². The molecule has 42 heavy (non-hydrogen) atoms. The maximum absolute atomic E-state index is 13.6. The Morgan fingerprint density at radius 2 is 1.43 bits per heavy atom. The van der Waals surface area contributed by atoms with E-state index in [0.717, 1.165) is 12.7 Å². The van der Waals surface area contributed by atoms with Gasteiger partial charge in [0.15, 0.2) is 0 Å². The van der Waals surface area contributed by atoms with Crippen LogP contribution in [0.5, 0.6) is 17.2 Å². The molecule has 3 aromatic rings. The van der Waals surface area contributed by atoms with E-state index in [0.29, 0.717) is 28.3 Å². The molecule has 0 spiro atoms. The molecule has 0 saturated carbocycles. The molecule has 0 bridgehead atoms. The molecular formula is C31H30N2O9. The lowest BCUT2D eigenvalue weighted by Crippen LogP contribution is -2.36. The van der Waals surface area contributed by atoms with E-state index in [1.54, 1.807) is 24.3 Å². The molecule has 1 heterocycles. The van der Waals surface area contributed by atoms with Crippen molar-refractivity contribution in [2.45, 2.75) is 12.8 Å². The van der Waals surface area contributed by atoms with Gasteiger partial charge in [0.2, 0.25) is 0 Å². The van der Waals surface area contributed by atoms with E-state index >= 15 is 0 Å². The van der Waals surface area contributed by atoms with Gasteiger partial charge in [-0.15, -0.1) is 0 Å². The van der Waals surface area contributed by atoms with E-state index in [1.165, 1.54) is 51.5 Å². The minimum Gasteiger partial charge on any atom is -0.497 e. The normalized spacial score (nSPS) is 14.6. The Bertz CT molecular complexity index is 1590. The maximum atomic E-state index is 13.6. The van der Waals surface area contributed by atoms with Gasteiger partial charge in [-0.05, 0) is 36.8 Å². The Kier molecular flexibility index (Phi) is 8.80. The van der Waals surface area contributed by atoms with Gasteiger partial charge in [-0.3, -0.25) is 15.0 Å². The standard InChI is InChI=1S/C31H30N2O9/c1-18-7-9-19(10-8-18)25-17-23(22-13-11-21(39-3)16-27(22)40-4)28(30(34)41-5)29(31(35)42-6)32(25)24-14-12-20(38-2)15-26(24)33(36)37/h7-17,23H,1-6H3. The van der Waals surface area contributed by atoms with Gasteiger partial charge < -0.3 is 23.7 Å². The second-order valence-electron chi connectivity index (χ2n) is 9.20. The zero-order valence-electron chi connectivity index (χ0n) is 24.0. The Balaban J connectivity index is 2.16. The Labute approximate surface area is 242 Å². The highest BCUT2D eigenvalue weighted by atomic mass is 16.6. The van der Waals surface area contributed by atoms with Crippen molar-refractivity contribution in [2.75, 3.05) is 40.4 Å². The Morgan fingerprint density at radius 1 is 0.810 bits per heavy atom. The molecule has 218 valence electrons. The number of allylic oxidation sites excluding steroid dienone is 1. The number of carbonyl (C=O) groups excluding carboxylic acids is 2. The van der Waals surface area contributed by atoms with Crippen molar-refractivity contribution in [1.29, 1.82) is 0 Å². The van der Waals surface area contributed by atoms with E-state index in [1.807, 2.05) is 31.2 Å². The second-order valence-corrected chi connectivity index (χ2v) is 9.20. The molecule has 11 nitrogen and oxygen atoms in total. The van der Waals surface area contributed by atoms with Crippen LogP contribution in [0.25, 0.3) is 5.70 Å². The maximum Gasteiger partial charge on any atom is 0.355 e. The van der Waals surface area contributed by atoms with Crippen molar-refractivity contribution in [2.24, 2.45) is 0 Å². The molecule has 1 unspecified atom stereocenters. The fraction of sp³-hybridized carbons (Fsp3) is 0.226. The predicted molar refractivity (Wildman–Crippen MR) is 155 cm³/mol. The summed E-state index contributed by atoms with van der Waals surface area (Å²) in [5.74, 6) is -1.50. The summed E-state index contributed by atoms with van der Waals surface area (Å²) in [6.45, 7) is 1.92. The summed E-state index contributed by atoms with van der Waals surface area (Å²) in [5.41, 5.74) is 1.80. The van der Waals surface area contributed by atoms with Crippen LogP contribution in [0, 0.1) is 17.0 Å². The Hall–Kier alpha value is -5.32. The number of esters is 2. The first-order valence-corrected chi connectivity index (χ1v) is 12.7. The summed E-state index contributed by atoms with van der Waals surface area (Å²) in [6.07, 6.45) is 1.74. The van der Waals surface area contributed by atoms with E-state index < -0.39 is 22.8 Å². The van der Waals surface area contributed by atoms with Crippen LogP contribution in [0.4, 0.5) is 11.4 Å². The third kappa shape index (κ3) is 5.49. The molecule has 4 rings (SSSR count). The van der Waals surface area contributed by atoms with Gasteiger partial charge in [0, 0.05) is 17.5 Å². The number of aryl methyl sites for hydroxylation is 1. The van der Waals surface area contributed by atoms with E-state index in [4.69, 9.17) is 23.7 Å². The average Bonchev–Trinajstić information content (AvgIpc) is 3.02. The zero-order valence-corrected chi connectivity index (χ0v) is 24.0. The van der Waals surface area contributed by atoms with E-state index in [9.17, 15) is 19.7 Å². The van der Waals surface area contributed by atoms with Gasteiger partial charge in [0.05, 0.1) is 57.8 Å². The monoisotopic (exact) mass is 574 g/mol. The summed E-state index contributed by atoms with van der Waals surface area (Å²) in [6, 6.07) is 16.7. The second kappa shape index (κ2) is 12.5. The van der Waals surface area contributed by atoms with Gasteiger partial charge in [-0.25, -0.2) is 9.59 Å². The van der Waals surface area contributed by atoms with Crippen LogP contribution in [0.15, 0.2) is 78.0 Å². The van der Waals surface area contributed by atoms with Crippen molar-refractivity contribution in [1.82, 2.24) is 0 Å². The van der Waals surface area contributed by atoms with Crippen LogP contribution in [-0.2, 0) is 19.1 Å². The van der Waals surface area contributed by atoms with Crippen LogP contribution < -0.4 is 19.1 Å². The molecule has 0 N–H and O–H groups in total. The topological polar surface area (TPSA) is 127 Å². The third-order valence-corrected chi connectivity index (χ3v) is 6.88. The molecule has 1 atom stereocenters. The summed E-state index contributed by atoms with van der Waals surface area (Å²) in [7, 11) is 6.73. The number of methoxy groups -OCH3 is 5. The molecule has 0 aliphatic carbocycles. The number of hydrogen-bond acceptors (Lipinski definition) is 10. The number of hydrogen-bond donors (Lipinski definition) is 0. The third-order valence-electron chi connectivity index (χ3n) is 6.88. The lowest BCUT2D eigenvalue weighted by molar-refractivity contribution is -0.384. The number of ether oxygens (including phenoxy) is 5. The molecule has 0 radical (unpaired) electrons. The predicted octanol–water partition coefficient (Wildman–Crippen LogP) is 5.17. The molecule has 0 aromatic heterocycles. The van der Waals surface area contributed by atoms with Crippen molar-refractivity contribution in [3.05, 3.63) is 105 Å². The number of rotatable bonds is 9. The van der Waals surface area contributed by atoms with Crippen molar-refractivity contribution >= 4 is 29.0 Å². The Morgan fingerprint density at radius 3 is 2.00 bits per heavy atom. The fourth-order valence-electron chi connectivity index (χ4n) is 4.82. The minimum absolute atomic E-state index is 0.00886. The van der Waals surface area contributed by atoms with Gasteiger partial charge in [0.1, 0.15) is 28.6 Å². The van der Waals surface area contributed by atoms with E-state index in [-0.39, 0.29) is 28.4 Å². The highest BCUT2D eigenvalue weighted by molar-refractivity contribution is 6.10. The van der Waals surface area contributed by atoms with Crippen molar-refractivity contribution in [3.8, 4) is 17.2 Å². The summed E-state index contributed by atoms with van der Waals surface area (Å²) in [4.78, 5) is 40.3. The van der Waals surface area contributed by atoms with Crippen LogP contribution in [0.1, 0.15) is 22.6 Å². The molecule has 3 aromatic carbocycles. The SMILES string of the molecule is COC(=O)C1=C(C(=O)OC)N(c2ccc(OC)cc2[N+](=O)[O-])C(c2ccc(C)cc2)=CC1c1ccc(OC)cc1OC. The zero-order chi connectivity index (χ0) is 30.6. The summed E-state index contributed by atoms with van der Waals surface area (Å²) >= 11 is 0. The summed E-state index contributed by atoms with van der Waals surface area (Å²) in [5, 5.41) is 12.3. The molecule has 0 fully saturated rings. The van der Waals surface area contributed by atoms with Crippen LogP contribution >= 0.6 is 0 Å². The van der Waals surface area contributed by atoms with Crippen molar-refractivity contribution in [3.63, 3.8) is 0 Å². The molecular weight excluding hydrogens is 544 g/mol. The molecule has 0 saturated heterocycles. The number of nitro groups is 1. The highest BCUT2D eigenvalue weighted by Crippen LogP contribution is 2.48. The summed E-state index contributed by atoms with van der Waals surface area (Å²) < 4.78 is 26.6. The first kappa shape index (κ1) is 29.7. The first-order valence-electron chi connectivity index (χ1n) is 12.7. The quantitative estimate of drug-likeness (QED) is 0.192.